The highest BCUT2D eigenvalue weighted by molar-refractivity contribution is 14.0. The summed E-state index contributed by atoms with van der Waals surface area (Å²) >= 11 is 0. The summed E-state index contributed by atoms with van der Waals surface area (Å²) < 4.78 is 6.92. The van der Waals surface area contributed by atoms with E-state index < -0.39 is 0 Å². The molecule has 0 atom stereocenters. The maximum absolute atomic E-state index is 5.80. The van der Waals surface area contributed by atoms with Crippen LogP contribution < -0.4 is 15.8 Å². The van der Waals surface area contributed by atoms with Crippen LogP contribution in [0.25, 0.3) is 0 Å². The van der Waals surface area contributed by atoms with E-state index in [4.69, 9.17) is 10.5 Å². The number of rotatable bonds is 4. The van der Waals surface area contributed by atoms with Crippen LogP contribution in [0.4, 0.5) is 5.69 Å². The van der Waals surface area contributed by atoms with Crippen LogP contribution in [0.3, 0.4) is 0 Å². The molecule has 7 nitrogen and oxygen atoms in total. The van der Waals surface area contributed by atoms with Gasteiger partial charge in [-0.1, -0.05) is 6.07 Å². The highest BCUT2D eigenvalue weighted by Gasteiger charge is 2.00. The number of nitrogens with two attached hydrogens (primary N) is 1. The number of aromatic nitrogens is 3. The first-order valence-corrected chi connectivity index (χ1v) is 5.73. The Morgan fingerprint density at radius 2 is 2.30 bits per heavy atom. The average molecular weight is 388 g/mol. The van der Waals surface area contributed by atoms with Gasteiger partial charge in [0.15, 0.2) is 11.8 Å². The molecule has 2 rings (SSSR count). The molecule has 0 saturated carbocycles. The molecule has 20 heavy (non-hydrogen) atoms. The first kappa shape index (κ1) is 16.2. The summed E-state index contributed by atoms with van der Waals surface area (Å²) in [6.07, 6.45) is 1.62. The van der Waals surface area contributed by atoms with E-state index in [1.54, 1.807) is 18.0 Å². The van der Waals surface area contributed by atoms with E-state index in [0.29, 0.717) is 12.5 Å². The number of ether oxygens (including phenoxy) is 1. The van der Waals surface area contributed by atoms with E-state index in [0.717, 1.165) is 17.3 Å². The van der Waals surface area contributed by atoms with Crippen molar-refractivity contribution >= 4 is 35.6 Å². The van der Waals surface area contributed by atoms with Crippen molar-refractivity contribution in [2.45, 2.75) is 6.54 Å². The van der Waals surface area contributed by atoms with Gasteiger partial charge < -0.3 is 20.4 Å². The maximum Gasteiger partial charge on any atom is 0.193 e. The Morgan fingerprint density at radius 3 is 2.95 bits per heavy atom. The number of benzene rings is 1. The highest BCUT2D eigenvalue weighted by atomic mass is 127. The third-order valence-electron chi connectivity index (χ3n) is 2.54. The molecule has 2 aromatic rings. The minimum atomic E-state index is 0. The number of aryl methyl sites for hydroxylation is 1. The molecule has 0 saturated heterocycles. The number of anilines is 1. The van der Waals surface area contributed by atoms with Crippen LogP contribution in [0, 0.1) is 0 Å². The Balaban J connectivity index is 0.00000200. The predicted octanol–water partition coefficient (Wildman–Crippen LogP) is 1.37. The smallest absolute Gasteiger partial charge is 0.193 e. The summed E-state index contributed by atoms with van der Waals surface area (Å²) in [6, 6.07) is 7.45. The molecule has 3 N–H and O–H groups in total. The van der Waals surface area contributed by atoms with Gasteiger partial charge in [-0.25, -0.2) is 4.99 Å². The standard InChI is InChI=1S/C12H16N6O.HI/c1-18-8-15-17-11(18)7-14-12(13)16-9-4-3-5-10(6-9)19-2;/h3-6,8H,7H2,1-2H3,(H3,13,14,16);1H. The molecule has 0 bridgehead atoms. The molecule has 1 heterocycles. The Kier molecular flexibility index (Phi) is 6.22. The quantitative estimate of drug-likeness (QED) is 0.469. The molecule has 0 aliphatic rings. The lowest BCUT2D eigenvalue weighted by atomic mass is 10.3. The monoisotopic (exact) mass is 388 g/mol. The average Bonchev–Trinajstić information content (AvgIpc) is 2.82. The topological polar surface area (TPSA) is 90.3 Å². The second-order valence-corrected chi connectivity index (χ2v) is 3.92. The molecule has 0 aliphatic carbocycles. The van der Waals surface area contributed by atoms with E-state index in [1.807, 2.05) is 31.3 Å². The fourth-order valence-corrected chi connectivity index (χ4v) is 1.49. The fourth-order valence-electron chi connectivity index (χ4n) is 1.49. The van der Waals surface area contributed by atoms with Crippen molar-refractivity contribution in [2.24, 2.45) is 17.8 Å². The highest BCUT2D eigenvalue weighted by Crippen LogP contribution is 2.16. The van der Waals surface area contributed by atoms with Crippen LogP contribution >= 0.6 is 24.0 Å². The lowest BCUT2D eigenvalue weighted by molar-refractivity contribution is 0.415. The lowest BCUT2D eigenvalue weighted by Gasteiger charge is -2.07. The van der Waals surface area contributed by atoms with Gasteiger partial charge in [-0.3, -0.25) is 0 Å². The minimum absolute atomic E-state index is 0. The van der Waals surface area contributed by atoms with E-state index >= 15 is 0 Å². The zero-order valence-electron chi connectivity index (χ0n) is 11.3. The molecule has 1 aromatic carbocycles. The first-order valence-electron chi connectivity index (χ1n) is 5.73. The predicted molar refractivity (Wildman–Crippen MR) is 88.4 cm³/mol. The van der Waals surface area contributed by atoms with Crippen LogP contribution in [-0.2, 0) is 13.6 Å². The summed E-state index contributed by atoms with van der Waals surface area (Å²) in [7, 11) is 3.47. The minimum Gasteiger partial charge on any atom is -0.497 e. The van der Waals surface area contributed by atoms with Crippen LogP contribution in [0.15, 0.2) is 35.6 Å². The second-order valence-electron chi connectivity index (χ2n) is 3.92. The third-order valence-corrected chi connectivity index (χ3v) is 2.54. The molecule has 108 valence electrons. The number of methoxy groups -OCH3 is 1. The number of halogens is 1. The number of aliphatic imine (C=N–C) groups is 1. The molecule has 0 radical (unpaired) electrons. The van der Waals surface area contributed by atoms with Crippen molar-refractivity contribution in [1.29, 1.82) is 0 Å². The van der Waals surface area contributed by atoms with Crippen molar-refractivity contribution in [3.63, 3.8) is 0 Å². The first-order chi connectivity index (χ1) is 9.19. The molecule has 8 heteroatoms. The summed E-state index contributed by atoms with van der Waals surface area (Å²) in [4.78, 5) is 4.20. The molecule has 1 aromatic heterocycles. The number of hydrogen-bond acceptors (Lipinski definition) is 4. The van der Waals surface area contributed by atoms with Gasteiger partial charge in [0.1, 0.15) is 18.6 Å². The Labute approximate surface area is 134 Å². The molecular formula is C12H17IN6O. The summed E-state index contributed by atoms with van der Waals surface area (Å²) in [6.45, 7) is 0.374. The number of nitrogens with one attached hydrogen (secondary N) is 1. The van der Waals surface area contributed by atoms with Gasteiger partial charge in [0.05, 0.1) is 7.11 Å². The maximum atomic E-state index is 5.80. The molecule has 0 amide bonds. The van der Waals surface area contributed by atoms with E-state index in [9.17, 15) is 0 Å². The van der Waals surface area contributed by atoms with Crippen LogP contribution in [-0.4, -0.2) is 27.8 Å². The third kappa shape index (κ3) is 4.37. The van der Waals surface area contributed by atoms with Crippen LogP contribution in [0.5, 0.6) is 5.75 Å². The Hall–Kier alpha value is -1.84. The van der Waals surface area contributed by atoms with Crippen molar-refractivity contribution in [2.75, 3.05) is 12.4 Å². The van der Waals surface area contributed by atoms with Crippen LogP contribution in [0.1, 0.15) is 5.82 Å². The van der Waals surface area contributed by atoms with Gasteiger partial charge in [-0.2, -0.15) is 0 Å². The largest absolute Gasteiger partial charge is 0.497 e. The van der Waals surface area contributed by atoms with Crippen molar-refractivity contribution in [3.8, 4) is 5.75 Å². The molecular weight excluding hydrogens is 371 g/mol. The van der Waals surface area contributed by atoms with Gasteiger partial charge in [0.2, 0.25) is 0 Å². The summed E-state index contributed by atoms with van der Waals surface area (Å²) in [5.74, 6) is 1.82. The second kappa shape index (κ2) is 7.68. The number of nitrogens with zero attached hydrogens (tertiary/aromatic N) is 4. The molecule has 0 spiro atoms. The molecule has 0 fully saturated rings. The Bertz CT molecular complexity index is 583. The normalized spacial score (nSPS) is 10.8. The summed E-state index contributed by atoms with van der Waals surface area (Å²) in [5.41, 5.74) is 6.62. The van der Waals surface area contributed by atoms with Crippen molar-refractivity contribution in [1.82, 2.24) is 14.8 Å². The Morgan fingerprint density at radius 1 is 1.50 bits per heavy atom. The van der Waals surface area contributed by atoms with Gasteiger partial charge in [0.25, 0.3) is 0 Å². The lowest BCUT2D eigenvalue weighted by Crippen LogP contribution is -2.22. The van der Waals surface area contributed by atoms with Gasteiger partial charge in [-0.05, 0) is 12.1 Å². The van der Waals surface area contributed by atoms with Gasteiger partial charge in [-0.15, -0.1) is 34.2 Å². The summed E-state index contributed by atoms with van der Waals surface area (Å²) in [5, 5.41) is 10.7. The van der Waals surface area contributed by atoms with Crippen LogP contribution in [0.2, 0.25) is 0 Å². The molecule has 0 unspecified atom stereocenters. The number of hydrogen-bond donors (Lipinski definition) is 2. The fraction of sp³-hybridized carbons (Fsp3) is 0.250. The van der Waals surface area contributed by atoms with Gasteiger partial charge >= 0.3 is 0 Å². The van der Waals surface area contributed by atoms with Gasteiger partial charge in [0, 0.05) is 18.8 Å². The van der Waals surface area contributed by atoms with Crippen molar-refractivity contribution < 1.29 is 4.74 Å². The zero-order valence-corrected chi connectivity index (χ0v) is 13.6. The van der Waals surface area contributed by atoms with E-state index in [-0.39, 0.29) is 24.0 Å². The SMILES string of the molecule is COc1cccc(NC(N)=NCc2nncn2C)c1.I. The van der Waals surface area contributed by atoms with Crippen molar-refractivity contribution in [3.05, 3.63) is 36.4 Å². The zero-order chi connectivity index (χ0) is 13.7. The van der Waals surface area contributed by atoms with E-state index in [1.165, 1.54) is 0 Å². The number of guanidine groups is 1. The molecule has 0 aliphatic heterocycles. The van der Waals surface area contributed by atoms with E-state index in [2.05, 4.69) is 20.5 Å².